The number of imidazole rings is 1. The summed E-state index contributed by atoms with van der Waals surface area (Å²) in [5.41, 5.74) is -0.609. The number of nitrogens with one attached hydrogen (secondary N) is 2. The average molecular weight is 326 g/mol. The van der Waals surface area contributed by atoms with Crippen LogP contribution in [0.3, 0.4) is 0 Å². The first-order valence-electron chi connectivity index (χ1n) is 7.67. The van der Waals surface area contributed by atoms with Crippen LogP contribution < -0.4 is 10.0 Å². The van der Waals surface area contributed by atoms with E-state index in [1.807, 2.05) is 18.4 Å². The summed E-state index contributed by atoms with van der Waals surface area (Å²) in [6, 6.07) is -0.339. The van der Waals surface area contributed by atoms with Gasteiger partial charge >= 0.3 is 0 Å². The summed E-state index contributed by atoms with van der Waals surface area (Å²) in [6.45, 7) is 4.48. The van der Waals surface area contributed by atoms with Crippen molar-refractivity contribution >= 4 is 15.9 Å². The monoisotopic (exact) mass is 326 g/mol. The average Bonchev–Trinajstić information content (AvgIpc) is 2.86. The third kappa shape index (κ3) is 2.89. The summed E-state index contributed by atoms with van der Waals surface area (Å²) < 4.78 is 29.8. The molecular formula is C14H22N4O3S. The topological polar surface area (TPSA) is 93.1 Å². The SMILES string of the molecule is CC1(C)NC(=O)CCC1NS(=O)(=O)c1cn2c(n1)CCCC2. The lowest BCUT2D eigenvalue weighted by Crippen LogP contribution is -2.61. The van der Waals surface area contributed by atoms with Crippen molar-refractivity contribution in [3.8, 4) is 0 Å². The van der Waals surface area contributed by atoms with E-state index in [9.17, 15) is 13.2 Å². The van der Waals surface area contributed by atoms with Gasteiger partial charge in [0, 0.05) is 31.6 Å². The maximum atomic E-state index is 12.6. The van der Waals surface area contributed by atoms with Gasteiger partial charge in [0.25, 0.3) is 10.0 Å². The Morgan fingerprint density at radius 2 is 2.14 bits per heavy atom. The number of sulfonamides is 1. The van der Waals surface area contributed by atoms with Crippen LogP contribution in [0.2, 0.25) is 0 Å². The molecule has 3 rings (SSSR count). The van der Waals surface area contributed by atoms with Crippen LogP contribution in [0, 0.1) is 0 Å². The second kappa shape index (κ2) is 5.34. The molecule has 1 amide bonds. The van der Waals surface area contributed by atoms with Gasteiger partial charge in [-0.15, -0.1) is 0 Å². The predicted octanol–water partition coefficient (Wildman–Crippen LogP) is 0.555. The first kappa shape index (κ1) is 15.5. The Kier molecular flexibility index (Phi) is 3.76. The molecule has 22 heavy (non-hydrogen) atoms. The molecule has 8 heteroatoms. The highest BCUT2D eigenvalue weighted by atomic mass is 32.2. The summed E-state index contributed by atoms with van der Waals surface area (Å²) in [7, 11) is -3.68. The van der Waals surface area contributed by atoms with Crippen molar-refractivity contribution in [1.82, 2.24) is 19.6 Å². The van der Waals surface area contributed by atoms with E-state index >= 15 is 0 Å². The Labute approximate surface area is 130 Å². The first-order chi connectivity index (χ1) is 10.3. The Balaban J connectivity index is 1.81. The van der Waals surface area contributed by atoms with E-state index in [-0.39, 0.29) is 17.0 Å². The lowest BCUT2D eigenvalue weighted by Gasteiger charge is -2.39. The molecule has 1 aromatic rings. The summed E-state index contributed by atoms with van der Waals surface area (Å²) in [4.78, 5) is 15.8. The Morgan fingerprint density at radius 1 is 1.36 bits per heavy atom. The van der Waals surface area contributed by atoms with Gasteiger partial charge in [-0.1, -0.05) is 0 Å². The molecule has 1 atom stereocenters. The van der Waals surface area contributed by atoms with Crippen LogP contribution in [0.1, 0.15) is 45.4 Å². The molecule has 0 aromatic carbocycles. The summed E-state index contributed by atoms with van der Waals surface area (Å²) in [5.74, 6) is 0.792. The standard InChI is InChI=1S/C14H22N4O3S/c1-14(2)10(6-7-12(19)16-14)17-22(20,21)13-9-18-8-4-3-5-11(18)15-13/h9-10,17H,3-8H2,1-2H3,(H,16,19). The molecule has 0 radical (unpaired) electrons. The fourth-order valence-electron chi connectivity index (χ4n) is 3.12. The van der Waals surface area contributed by atoms with E-state index in [2.05, 4.69) is 15.0 Å². The van der Waals surface area contributed by atoms with Crippen LogP contribution in [0.5, 0.6) is 0 Å². The van der Waals surface area contributed by atoms with Gasteiger partial charge in [0.15, 0.2) is 5.03 Å². The molecule has 1 aromatic heterocycles. The summed E-state index contributed by atoms with van der Waals surface area (Å²) >= 11 is 0. The van der Waals surface area contributed by atoms with Gasteiger partial charge in [-0.25, -0.2) is 18.1 Å². The maximum absolute atomic E-state index is 12.6. The number of amides is 1. The van der Waals surface area contributed by atoms with Crippen molar-refractivity contribution in [1.29, 1.82) is 0 Å². The quantitative estimate of drug-likeness (QED) is 0.848. The lowest BCUT2D eigenvalue weighted by atomic mass is 9.88. The number of carbonyl (C=O) groups is 1. The summed E-state index contributed by atoms with van der Waals surface area (Å²) in [6.07, 6.45) is 5.36. The highest BCUT2D eigenvalue weighted by Gasteiger charge is 2.38. The number of rotatable bonds is 3. The zero-order chi connectivity index (χ0) is 16.0. The molecule has 2 N–H and O–H groups in total. The number of aromatic nitrogens is 2. The molecule has 1 saturated heterocycles. The van der Waals surface area contributed by atoms with Gasteiger partial charge in [0.05, 0.1) is 5.54 Å². The summed E-state index contributed by atoms with van der Waals surface area (Å²) in [5, 5.41) is 2.92. The molecule has 2 aliphatic heterocycles. The van der Waals surface area contributed by atoms with E-state index in [0.29, 0.717) is 12.8 Å². The van der Waals surface area contributed by atoms with Gasteiger partial charge in [0.1, 0.15) is 5.82 Å². The first-order valence-corrected chi connectivity index (χ1v) is 9.16. The fraction of sp³-hybridized carbons (Fsp3) is 0.714. The Bertz CT molecular complexity index is 669. The molecular weight excluding hydrogens is 304 g/mol. The van der Waals surface area contributed by atoms with Crippen molar-refractivity contribution < 1.29 is 13.2 Å². The second-order valence-electron chi connectivity index (χ2n) is 6.63. The van der Waals surface area contributed by atoms with Crippen LogP contribution >= 0.6 is 0 Å². The van der Waals surface area contributed by atoms with Crippen LogP contribution in [-0.4, -0.2) is 35.5 Å². The Morgan fingerprint density at radius 3 is 2.82 bits per heavy atom. The molecule has 0 aliphatic carbocycles. The molecule has 2 aliphatic rings. The minimum Gasteiger partial charge on any atom is -0.350 e. The molecule has 3 heterocycles. The van der Waals surface area contributed by atoms with Crippen LogP contribution in [0.25, 0.3) is 0 Å². The molecule has 7 nitrogen and oxygen atoms in total. The lowest BCUT2D eigenvalue weighted by molar-refractivity contribution is -0.125. The van der Waals surface area contributed by atoms with E-state index in [1.165, 1.54) is 0 Å². The number of carbonyl (C=O) groups excluding carboxylic acids is 1. The van der Waals surface area contributed by atoms with Crippen molar-refractivity contribution in [2.75, 3.05) is 0 Å². The number of nitrogens with zero attached hydrogens (tertiary/aromatic N) is 2. The number of hydrogen-bond donors (Lipinski definition) is 2. The molecule has 0 spiro atoms. The molecule has 0 saturated carbocycles. The van der Waals surface area contributed by atoms with Crippen molar-refractivity contribution in [3.63, 3.8) is 0 Å². The van der Waals surface area contributed by atoms with E-state index in [0.717, 1.165) is 31.6 Å². The van der Waals surface area contributed by atoms with E-state index in [1.54, 1.807) is 6.20 Å². The smallest absolute Gasteiger partial charge is 0.259 e. The van der Waals surface area contributed by atoms with Gasteiger partial charge < -0.3 is 9.88 Å². The highest BCUT2D eigenvalue weighted by Crippen LogP contribution is 2.23. The van der Waals surface area contributed by atoms with E-state index in [4.69, 9.17) is 0 Å². The van der Waals surface area contributed by atoms with Crippen molar-refractivity contribution in [2.45, 2.75) is 69.1 Å². The number of hydrogen-bond acceptors (Lipinski definition) is 4. The zero-order valence-electron chi connectivity index (χ0n) is 12.9. The van der Waals surface area contributed by atoms with Crippen molar-refractivity contribution in [3.05, 3.63) is 12.0 Å². The minimum absolute atomic E-state index is 0.0436. The second-order valence-corrected chi connectivity index (χ2v) is 8.29. The normalized spacial score (nSPS) is 24.6. The van der Waals surface area contributed by atoms with E-state index < -0.39 is 15.6 Å². The van der Waals surface area contributed by atoms with Gasteiger partial charge in [-0.05, 0) is 33.1 Å². The third-order valence-electron chi connectivity index (χ3n) is 4.45. The van der Waals surface area contributed by atoms with Crippen LogP contribution in [0.15, 0.2) is 11.2 Å². The number of piperidine rings is 1. The third-order valence-corrected chi connectivity index (χ3v) is 5.79. The molecule has 1 fully saturated rings. The predicted molar refractivity (Wildman–Crippen MR) is 80.7 cm³/mol. The molecule has 1 unspecified atom stereocenters. The van der Waals surface area contributed by atoms with Crippen LogP contribution in [-0.2, 0) is 27.8 Å². The van der Waals surface area contributed by atoms with Gasteiger partial charge in [0.2, 0.25) is 5.91 Å². The largest absolute Gasteiger partial charge is 0.350 e. The van der Waals surface area contributed by atoms with Gasteiger partial charge in [-0.2, -0.15) is 0 Å². The number of aryl methyl sites for hydroxylation is 2. The van der Waals surface area contributed by atoms with Gasteiger partial charge in [-0.3, -0.25) is 4.79 Å². The maximum Gasteiger partial charge on any atom is 0.259 e. The van der Waals surface area contributed by atoms with Crippen LogP contribution in [0.4, 0.5) is 0 Å². The zero-order valence-corrected chi connectivity index (χ0v) is 13.7. The molecule has 122 valence electrons. The van der Waals surface area contributed by atoms with Crippen molar-refractivity contribution in [2.24, 2.45) is 0 Å². The highest BCUT2D eigenvalue weighted by molar-refractivity contribution is 7.89. The minimum atomic E-state index is -3.68. The fourth-order valence-corrected chi connectivity index (χ4v) is 4.51. The number of fused-ring (bicyclic) bond motifs is 1. The Hall–Kier alpha value is -1.41. The molecule has 0 bridgehead atoms.